The molecular formula is C18H19N5OS. The normalized spacial score (nSPS) is 11.3. The van der Waals surface area contributed by atoms with Crippen LogP contribution in [0.4, 0.5) is 5.13 Å². The smallest absolute Gasteiger partial charge is 0.250 e. The summed E-state index contributed by atoms with van der Waals surface area (Å²) >= 11 is 1.41. The number of nitrogens with zero attached hydrogens (tertiary/aromatic N) is 4. The molecule has 3 rings (SSSR count). The fourth-order valence-corrected chi connectivity index (χ4v) is 3.15. The van der Waals surface area contributed by atoms with Gasteiger partial charge in [0.15, 0.2) is 0 Å². The van der Waals surface area contributed by atoms with E-state index in [9.17, 15) is 4.79 Å². The summed E-state index contributed by atoms with van der Waals surface area (Å²) in [5.41, 5.74) is 1.81. The minimum atomic E-state index is -0.236. The van der Waals surface area contributed by atoms with Gasteiger partial charge in [-0.3, -0.25) is 10.1 Å². The quantitative estimate of drug-likeness (QED) is 0.688. The van der Waals surface area contributed by atoms with Crippen LogP contribution in [0.25, 0.3) is 11.8 Å². The number of amides is 1. The Morgan fingerprint density at radius 1 is 1.28 bits per heavy atom. The Hall–Kier alpha value is -2.80. The fraction of sp³-hybridized carbons (Fsp3) is 0.222. The third-order valence-corrected chi connectivity index (χ3v) is 4.19. The number of aromatic nitrogens is 4. The Balaban J connectivity index is 1.59. The molecule has 0 aliphatic rings. The maximum absolute atomic E-state index is 12.0. The van der Waals surface area contributed by atoms with Crippen LogP contribution in [0.5, 0.6) is 0 Å². The van der Waals surface area contributed by atoms with Crippen molar-refractivity contribution in [3.05, 3.63) is 59.4 Å². The van der Waals surface area contributed by atoms with E-state index < -0.39 is 0 Å². The van der Waals surface area contributed by atoms with E-state index >= 15 is 0 Å². The molecule has 128 valence electrons. The average molecular weight is 353 g/mol. The minimum Gasteiger partial charge on any atom is -0.297 e. The third-order valence-electron chi connectivity index (χ3n) is 3.33. The summed E-state index contributed by atoms with van der Waals surface area (Å²) in [6, 6.07) is 9.80. The number of hydrogen-bond acceptors (Lipinski definition) is 5. The molecule has 0 atom stereocenters. The first-order valence-corrected chi connectivity index (χ1v) is 8.83. The van der Waals surface area contributed by atoms with E-state index in [4.69, 9.17) is 0 Å². The number of carbonyl (C=O) groups is 1. The Kier molecular flexibility index (Phi) is 5.35. The Bertz CT molecular complexity index is 866. The molecule has 1 amide bonds. The number of rotatable bonds is 6. The molecule has 0 saturated carbocycles. The number of nitrogens with one attached hydrogen (secondary N) is 1. The third kappa shape index (κ3) is 4.84. The lowest BCUT2D eigenvalue weighted by Gasteiger charge is -1.98. The van der Waals surface area contributed by atoms with E-state index in [1.54, 1.807) is 17.0 Å². The van der Waals surface area contributed by atoms with Crippen molar-refractivity contribution in [2.24, 2.45) is 5.92 Å². The summed E-state index contributed by atoms with van der Waals surface area (Å²) in [6.45, 7) is 4.25. The van der Waals surface area contributed by atoms with Crippen LogP contribution in [0.3, 0.4) is 0 Å². The van der Waals surface area contributed by atoms with Crippen LogP contribution < -0.4 is 5.32 Å². The first kappa shape index (κ1) is 17.0. The molecule has 2 heterocycles. The monoisotopic (exact) mass is 353 g/mol. The maximum Gasteiger partial charge on any atom is 0.250 e. The first-order chi connectivity index (χ1) is 12.1. The molecule has 0 aliphatic heterocycles. The molecule has 0 radical (unpaired) electrons. The molecule has 1 aromatic carbocycles. The maximum atomic E-state index is 12.0. The van der Waals surface area contributed by atoms with Gasteiger partial charge in [-0.25, -0.2) is 4.68 Å². The van der Waals surface area contributed by atoms with Gasteiger partial charge in [-0.1, -0.05) is 43.4 Å². The number of anilines is 1. The number of para-hydroxylation sites is 1. The summed E-state index contributed by atoms with van der Waals surface area (Å²) < 4.78 is 1.76. The number of carbonyl (C=O) groups excluding carboxylic acids is 1. The molecule has 0 bridgehead atoms. The van der Waals surface area contributed by atoms with Gasteiger partial charge in [0.2, 0.25) is 11.0 Å². The summed E-state index contributed by atoms with van der Waals surface area (Å²) in [4.78, 5) is 12.0. The number of hydrogen-bond donors (Lipinski definition) is 1. The van der Waals surface area contributed by atoms with Crippen LogP contribution >= 0.6 is 11.3 Å². The first-order valence-electron chi connectivity index (χ1n) is 8.01. The molecule has 0 saturated heterocycles. The predicted molar refractivity (Wildman–Crippen MR) is 99.7 cm³/mol. The molecule has 3 aromatic rings. The summed E-state index contributed by atoms with van der Waals surface area (Å²) in [5, 5.41) is 16.6. The van der Waals surface area contributed by atoms with E-state index in [0.717, 1.165) is 22.7 Å². The van der Waals surface area contributed by atoms with Gasteiger partial charge in [-0.15, -0.1) is 10.2 Å². The average Bonchev–Trinajstić information content (AvgIpc) is 3.23. The molecule has 7 heteroatoms. The van der Waals surface area contributed by atoms with Gasteiger partial charge in [0, 0.05) is 24.3 Å². The van der Waals surface area contributed by atoms with E-state index in [0.29, 0.717) is 11.0 Å². The lowest BCUT2D eigenvalue weighted by molar-refractivity contribution is -0.111. The highest BCUT2D eigenvalue weighted by molar-refractivity contribution is 7.15. The van der Waals surface area contributed by atoms with Gasteiger partial charge in [0.1, 0.15) is 5.01 Å². The lowest BCUT2D eigenvalue weighted by Crippen LogP contribution is -2.07. The molecule has 25 heavy (non-hydrogen) atoms. The van der Waals surface area contributed by atoms with Crippen LogP contribution in [0.2, 0.25) is 0 Å². The second-order valence-electron chi connectivity index (χ2n) is 5.98. The minimum absolute atomic E-state index is 0.236. The van der Waals surface area contributed by atoms with Gasteiger partial charge >= 0.3 is 0 Å². The van der Waals surface area contributed by atoms with Gasteiger partial charge in [-0.2, -0.15) is 5.10 Å². The van der Waals surface area contributed by atoms with Gasteiger partial charge in [0.05, 0.1) is 11.9 Å². The molecule has 0 unspecified atom stereocenters. The van der Waals surface area contributed by atoms with Crippen molar-refractivity contribution in [3.8, 4) is 5.69 Å². The topological polar surface area (TPSA) is 72.7 Å². The van der Waals surface area contributed by atoms with Crippen molar-refractivity contribution in [1.82, 2.24) is 20.0 Å². The van der Waals surface area contributed by atoms with Crippen LogP contribution in [0.15, 0.2) is 48.8 Å². The zero-order chi connectivity index (χ0) is 17.6. The van der Waals surface area contributed by atoms with Gasteiger partial charge in [0.25, 0.3) is 0 Å². The Labute approximate surface area is 150 Å². The predicted octanol–water partition coefficient (Wildman–Crippen LogP) is 3.57. The van der Waals surface area contributed by atoms with E-state index in [-0.39, 0.29) is 5.91 Å². The molecule has 0 fully saturated rings. The summed E-state index contributed by atoms with van der Waals surface area (Å²) in [6.07, 6.45) is 7.63. The fourth-order valence-electron chi connectivity index (χ4n) is 2.20. The molecule has 0 spiro atoms. The van der Waals surface area contributed by atoms with Crippen LogP contribution in [-0.4, -0.2) is 25.9 Å². The molecule has 2 aromatic heterocycles. The zero-order valence-electron chi connectivity index (χ0n) is 14.1. The van der Waals surface area contributed by atoms with Gasteiger partial charge < -0.3 is 0 Å². The van der Waals surface area contributed by atoms with E-state index in [2.05, 4.69) is 34.5 Å². The van der Waals surface area contributed by atoms with E-state index in [1.165, 1.54) is 17.4 Å². The standard InChI is InChI=1S/C18H19N5OS/c1-13(2)10-17-21-22-18(25-17)20-16(24)9-8-14-11-19-23(12-14)15-6-4-3-5-7-15/h3-9,11-13H,10H2,1-2H3,(H,20,22,24)/b9-8+. The zero-order valence-corrected chi connectivity index (χ0v) is 14.9. The van der Waals surface area contributed by atoms with Crippen LogP contribution in [-0.2, 0) is 11.2 Å². The molecule has 0 aliphatic carbocycles. The lowest BCUT2D eigenvalue weighted by atomic mass is 10.1. The summed E-state index contributed by atoms with van der Waals surface area (Å²) in [5.74, 6) is 0.275. The largest absolute Gasteiger partial charge is 0.297 e. The van der Waals surface area contributed by atoms with Crippen molar-refractivity contribution in [3.63, 3.8) is 0 Å². The van der Waals surface area contributed by atoms with Crippen LogP contribution in [0, 0.1) is 5.92 Å². The van der Waals surface area contributed by atoms with Crippen molar-refractivity contribution >= 4 is 28.5 Å². The molecular weight excluding hydrogens is 334 g/mol. The highest BCUT2D eigenvalue weighted by atomic mass is 32.1. The van der Waals surface area contributed by atoms with Crippen molar-refractivity contribution in [2.45, 2.75) is 20.3 Å². The molecule has 6 nitrogen and oxygen atoms in total. The Morgan fingerprint density at radius 2 is 2.08 bits per heavy atom. The van der Waals surface area contributed by atoms with Crippen LogP contribution in [0.1, 0.15) is 24.4 Å². The second-order valence-corrected chi connectivity index (χ2v) is 7.04. The SMILES string of the molecule is CC(C)Cc1nnc(NC(=O)/C=C/c2cnn(-c3ccccc3)c2)s1. The Morgan fingerprint density at radius 3 is 2.84 bits per heavy atom. The molecule has 1 N–H and O–H groups in total. The van der Waals surface area contributed by atoms with Gasteiger partial charge in [-0.05, 0) is 24.1 Å². The van der Waals surface area contributed by atoms with Crippen molar-refractivity contribution in [2.75, 3.05) is 5.32 Å². The highest BCUT2D eigenvalue weighted by Crippen LogP contribution is 2.18. The summed E-state index contributed by atoms with van der Waals surface area (Å²) in [7, 11) is 0. The highest BCUT2D eigenvalue weighted by Gasteiger charge is 2.08. The second kappa shape index (κ2) is 7.85. The van der Waals surface area contributed by atoms with Crippen molar-refractivity contribution in [1.29, 1.82) is 0 Å². The van der Waals surface area contributed by atoms with Crippen molar-refractivity contribution < 1.29 is 4.79 Å². The van der Waals surface area contributed by atoms with E-state index in [1.807, 2.05) is 36.5 Å². The number of benzene rings is 1.